The van der Waals surface area contributed by atoms with Crippen LogP contribution in [0.1, 0.15) is 25.8 Å². The molecule has 0 aromatic heterocycles. The molecule has 4 unspecified atom stereocenters. The number of hydrogen-bond acceptors (Lipinski definition) is 8. The summed E-state index contributed by atoms with van der Waals surface area (Å²) < 4.78 is 0. The Labute approximate surface area is 209 Å². The molecule has 10 nitrogen and oxygen atoms in total. The van der Waals surface area contributed by atoms with Crippen LogP contribution >= 0.6 is 24.4 Å². The van der Waals surface area contributed by atoms with E-state index in [1.165, 1.54) is 23.9 Å². The van der Waals surface area contributed by atoms with E-state index < -0.39 is 47.9 Å². The molecule has 34 heavy (non-hydrogen) atoms. The molecule has 0 aliphatic carbocycles. The third-order valence-corrected chi connectivity index (χ3v) is 6.08. The van der Waals surface area contributed by atoms with E-state index in [0.29, 0.717) is 11.3 Å². The van der Waals surface area contributed by atoms with Crippen molar-refractivity contribution in [1.29, 1.82) is 0 Å². The molecule has 3 amide bonds. The number of carbonyl (C=O) groups excluding carboxylic acids is 3. The fraction of sp³-hybridized carbons (Fsp3) is 0.545. The van der Waals surface area contributed by atoms with E-state index in [-0.39, 0.29) is 30.3 Å². The van der Waals surface area contributed by atoms with E-state index in [9.17, 15) is 29.4 Å². The number of thioether (sulfide) groups is 1. The van der Waals surface area contributed by atoms with E-state index >= 15 is 0 Å². The number of carboxylic acids is 1. The predicted octanol–water partition coefficient (Wildman–Crippen LogP) is 0.140. The Hall–Kier alpha value is -2.44. The minimum Gasteiger partial charge on any atom is -0.508 e. The summed E-state index contributed by atoms with van der Waals surface area (Å²) in [7, 11) is 0. The highest BCUT2D eigenvalue weighted by atomic mass is 32.2. The number of carboxylic acid groups (broad SMARTS) is 1. The zero-order chi connectivity index (χ0) is 25.8. The first kappa shape index (κ1) is 29.6. The highest BCUT2D eigenvalue weighted by Crippen LogP contribution is 2.12. The van der Waals surface area contributed by atoms with E-state index in [2.05, 4.69) is 28.6 Å². The van der Waals surface area contributed by atoms with Crippen LogP contribution in [-0.2, 0) is 25.6 Å². The molecule has 190 valence electrons. The Morgan fingerprint density at radius 1 is 0.971 bits per heavy atom. The van der Waals surface area contributed by atoms with Crippen molar-refractivity contribution in [3.63, 3.8) is 0 Å². The van der Waals surface area contributed by atoms with Crippen LogP contribution in [0.5, 0.6) is 5.75 Å². The number of phenolic OH excluding ortho intramolecular Hbond substituents is 1. The highest BCUT2D eigenvalue weighted by molar-refractivity contribution is 7.98. The quantitative estimate of drug-likeness (QED) is 0.172. The molecule has 1 aromatic rings. The van der Waals surface area contributed by atoms with Gasteiger partial charge in [0.25, 0.3) is 0 Å². The fourth-order valence-corrected chi connectivity index (χ4v) is 3.60. The van der Waals surface area contributed by atoms with E-state index in [0.717, 1.165) is 0 Å². The van der Waals surface area contributed by atoms with Gasteiger partial charge in [-0.15, -0.1) is 0 Å². The van der Waals surface area contributed by atoms with Gasteiger partial charge in [0, 0.05) is 12.2 Å². The van der Waals surface area contributed by atoms with Gasteiger partial charge in [-0.05, 0) is 42.0 Å². The molecule has 0 saturated carbocycles. The monoisotopic (exact) mass is 514 g/mol. The summed E-state index contributed by atoms with van der Waals surface area (Å²) in [6, 6.07) is 2.05. The molecule has 12 heteroatoms. The maximum absolute atomic E-state index is 13.2. The van der Waals surface area contributed by atoms with Crippen molar-refractivity contribution in [1.82, 2.24) is 16.0 Å². The Kier molecular flexibility index (Phi) is 12.8. The number of phenols is 1. The van der Waals surface area contributed by atoms with E-state index in [1.54, 1.807) is 26.0 Å². The van der Waals surface area contributed by atoms with Crippen molar-refractivity contribution in [3.05, 3.63) is 29.8 Å². The number of thiol groups is 1. The summed E-state index contributed by atoms with van der Waals surface area (Å²) in [4.78, 5) is 49.8. The number of benzene rings is 1. The summed E-state index contributed by atoms with van der Waals surface area (Å²) in [6.07, 6.45) is 2.18. The Balaban J connectivity index is 3.09. The van der Waals surface area contributed by atoms with Gasteiger partial charge in [-0.25, -0.2) is 4.79 Å². The van der Waals surface area contributed by atoms with Crippen LogP contribution in [0.15, 0.2) is 24.3 Å². The highest BCUT2D eigenvalue weighted by Gasteiger charge is 2.30. The van der Waals surface area contributed by atoms with Crippen LogP contribution < -0.4 is 21.7 Å². The standard InChI is InChI=1S/C22H34N4O6S2/c1-12(2)18(23)21(30)25-16(10-13-4-6-14(27)7-5-13)20(29)24-15(8-9-34-3)19(28)26-17(11-33)22(31)32/h4-7,12,15-18,27,33H,8-11,23H2,1-3H3,(H,24,29)(H,25,30)(H,26,28)(H,31,32). The zero-order valence-electron chi connectivity index (χ0n) is 19.5. The van der Waals surface area contributed by atoms with Crippen LogP contribution in [-0.4, -0.2) is 75.8 Å². The number of nitrogens with one attached hydrogen (secondary N) is 3. The summed E-state index contributed by atoms with van der Waals surface area (Å²) in [5, 5.41) is 26.4. The first-order valence-corrected chi connectivity index (χ1v) is 12.8. The molecule has 0 spiro atoms. The SMILES string of the molecule is CSCCC(NC(=O)C(Cc1ccc(O)cc1)NC(=O)C(N)C(C)C)C(=O)NC(CS)C(=O)O. The molecule has 1 aromatic carbocycles. The van der Waals surface area contributed by atoms with Crippen LogP contribution in [0.2, 0.25) is 0 Å². The second-order valence-corrected chi connectivity index (χ2v) is 9.48. The lowest BCUT2D eigenvalue weighted by atomic mass is 10.0. The average Bonchev–Trinajstić information content (AvgIpc) is 2.79. The minimum atomic E-state index is -1.24. The minimum absolute atomic E-state index is 0.0570. The number of aromatic hydroxyl groups is 1. The van der Waals surface area contributed by atoms with Crippen LogP contribution in [0.3, 0.4) is 0 Å². The van der Waals surface area contributed by atoms with Crippen molar-refractivity contribution in [3.8, 4) is 5.75 Å². The number of amides is 3. The van der Waals surface area contributed by atoms with Gasteiger partial charge in [0.2, 0.25) is 17.7 Å². The summed E-state index contributed by atoms with van der Waals surface area (Å²) in [5.74, 6) is -2.71. The first-order valence-electron chi connectivity index (χ1n) is 10.8. The zero-order valence-corrected chi connectivity index (χ0v) is 21.2. The third kappa shape index (κ3) is 9.82. The third-order valence-electron chi connectivity index (χ3n) is 5.07. The van der Waals surface area contributed by atoms with Crippen molar-refractivity contribution in [2.24, 2.45) is 11.7 Å². The van der Waals surface area contributed by atoms with Crippen molar-refractivity contribution in [2.75, 3.05) is 17.8 Å². The molecule has 0 heterocycles. The number of hydrogen-bond donors (Lipinski definition) is 7. The predicted molar refractivity (Wildman–Crippen MR) is 135 cm³/mol. The molecule has 0 aliphatic heterocycles. The number of carbonyl (C=O) groups is 4. The average molecular weight is 515 g/mol. The van der Waals surface area contributed by atoms with Gasteiger partial charge in [-0.3, -0.25) is 14.4 Å². The smallest absolute Gasteiger partial charge is 0.327 e. The Morgan fingerprint density at radius 3 is 2.00 bits per heavy atom. The van der Waals surface area contributed by atoms with Gasteiger partial charge >= 0.3 is 5.97 Å². The molecule has 0 fully saturated rings. The molecule has 0 saturated heterocycles. The van der Waals surface area contributed by atoms with E-state index in [1.807, 2.05) is 6.26 Å². The lowest BCUT2D eigenvalue weighted by molar-refractivity contribution is -0.141. The van der Waals surface area contributed by atoms with Crippen molar-refractivity contribution >= 4 is 48.1 Å². The van der Waals surface area contributed by atoms with Gasteiger partial charge in [0.15, 0.2) is 0 Å². The molecule has 0 radical (unpaired) electrons. The molecule has 4 atom stereocenters. The van der Waals surface area contributed by atoms with Gasteiger partial charge in [0.1, 0.15) is 23.9 Å². The first-order chi connectivity index (χ1) is 16.0. The van der Waals surface area contributed by atoms with Crippen molar-refractivity contribution in [2.45, 2.75) is 50.9 Å². The van der Waals surface area contributed by atoms with Crippen LogP contribution in [0, 0.1) is 5.92 Å². The van der Waals surface area contributed by atoms with Gasteiger partial charge in [0.05, 0.1) is 6.04 Å². The lowest BCUT2D eigenvalue weighted by Gasteiger charge is -2.25. The molecular weight excluding hydrogens is 480 g/mol. The largest absolute Gasteiger partial charge is 0.508 e. The second-order valence-electron chi connectivity index (χ2n) is 8.13. The second kappa shape index (κ2) is 14.7. The topological polar surface area (TPSA) is 171 Å². The molecule has 0 bridgehead atoms. The normalized spacial score (nSPS) is 14.5. The maximum atomic E-state index is 13.2. The molecule has 0 aliphatic rings. The molecule has 1 rings (SSSR count). The number of rotatable bonds is 14. The summed E-state index contributed by atoms with van der Waals surface area (Å²) in [6.45, 7) is 3.56. The molecule has 7 N–H and O–H groups in total. The van der Waals surface area contributed by atoms with E-state index in [4.69, 9.17) is 5.73 Å². The van der Waals surface area contributed by atoms with Crippen molar-refractivity contribution < 1.29 is 29.4 Å². The summed E-state index contributed by atoms with van der Waals surface area (Å²) in [5.41, 5.74) is 6.60. The maximum Gasteiger partial charge on any atom is 0.327 e. The van der Waals surface area contributed by atoms with Gasteiger partial charge in [-0.1, -0.05) is 26.0 Å². The summed E-state index contributed by atoms with van der Waals surface area (Å²) >= 11 is 5.41. The Morgan fingerprint density at radius 2 is 1.50 bits per heavy atom. The Bertz CT molecular complexity index is 837. The molecular formula is C22H34N4O6S2. The van der Waals surface area contributed by atoms with Gasteiger partial charge in [-0.2, -0.15) is 24.4 Å². The van der Waals surface area contributed by atoms with Crippen LogP contribution in [0.25, 0.3) is 0 Å². The van der Waals surface area contributed by atoms with Gasteiger partial charge < -0.3 is 31.9 Å². The number of nitrogens with two attached hydrogens (primary N) is 1. The van der Waals surface area contributed by atoms with Crippen LogP contribution in [0.4, 0.5) is 0 Å². The number of aliphatic carboxylic acids is 1. The lowest BCUT2D eigenvalue weighted by Crippen LogP contribution is -2.58. The fourth-order valence-electron chi connectivity index (χ4n) is 2.88.